The number of furan rings is 1. The average molecular weight is 742 g/mol. The van der Waals surface area contributed by atoms with Gasteiger partial charge < -0.3 is 14.4 Å². The average Bonchev–Trinajstić information content (AvgIpc) is 3.37. The fraction of sp³-hybridized carbons (Fsp3) is 0.206. The predicted molar refractivity (Wildman–Crippen MR) is 164 cm³/mol. The summed E-state index contributed by atoms with van der Waals surface area (Å²) >= 11 is 0. The van der Waals surface area contributed by atoms with Gasteiger partial charge in [0.2, 0.25) is 5.71 Å². The van der Waals surface area contributed by atoms with E-state index in [1.807, 2.05) is 38.2 Å². The number of fused-ring (bicyclic) bond motifs is 3. The standard InChI is InChI=1S/C19H14FN2O.C15H18NSi.Ir/c1-11(2)12-6-8-21-16(10-12)13-4-3-5-14-17-15(20)7-9-22-19(17)23-18(13)14;1-12-5-7-13(8-6-12)15-10-9-14(11-16-15)17(2,3)4;/h3,5-11H,1-2H3;5-7,9-11H,1-4H3;/q2*-1;/i11D;1D3;. The third-order valence-electron chi connectivity index (χ3n) is 6.59. The number of nitrogens with zero attached hydrogens (tertiary/aromatic N) is 3. The van der Waals surface area contributed by atoms with Crippen molar-refractivity contribution >= 4 is 35.3 Å². The van der Waals surface area contributed by atoms with E-state index < -0.39 is 20.8 Å². The van der Waals surface area contributed by atoms with Gasteiger partial charge in [0.05, 0.1) is 19.0 Å². The zero-order valence-corrected chi connectivity index (χ0v) is 26.9. The van der Waals surface area contributed by atoms with Gasteiger partial charge in [0.15, 0.2) is 0 Å². The Morgan fingerprint density at radius 2 is 1.76 bits per heavy atom. The molecule has 4 nitrogen and oxygen atoms in total. The smallest absolute Gasteiger partial charge is 0.219 e. The molecule has 41 heavy (non-hydrogen) atoms. The van der Waals surface area contributed by atoms with Crippen molar-refractivity contribution in [2.75, 3.05) is 0 Å². The maximum atomic E-state index is 14.2. The predicted octanol–water partition coefficient (Wildman–Crippen LogP) is 8.51. The van der Waals surface area contributed by atoms with Crippen molar-refractivity contribution in [1.29, 1.82) is 0 Å². The molecule has 0 fully saturated rings. The van der Waals surface area contributed by atoms with Crippen LogP contribution in [-0.2, 0) is 20.1 Å². The Bertz CT molecular complexity index is 1880. The maximum Gasteiger partial charge on any atom is 0.219 e. The van der Waals surface area contributed by atoms with E-state index in [1.165, 1.54) is 23.5 Å². The molecule has 6 aromatic rings. The van der Waals surface area contributed by atoms with Gasteiger partial charge in [-0.2, -0.15) is 0 Å². The molecule has 0 unspecified atom stereocenters. The largest absolute Gasteiger partial charge is 0.486 e. The van der Waals surface area contributed by atoms with Crippen LogP contribution in [0.25, 0.3) is 44.6 Å². The Balaban J connectivity index is 0.000000204. The number of halogens is 1. The van der Waals surface area contributed by atoms with Gasteiger partial charge in [-0.3, -0.25) is 0 Å². The van der Waals surface area contributed by atoms with Crippen LogP contribution in [0, 0.1) is 24.8 Å². The normalized spacial score (nSPS) is 13.3. The van der Waals surface area contributed by atoms with Crippen LogP contribution in [0.5, 0.6) is 0 Å². The molecule has 6 rings (SSSR count). The minimum atomic E-state index is -2.08. The summed E-state index contributed by atoms with van der Waals surface area (Å²) in [7, 11) is -1.34. The summed E-state index contributed by atoms with van der Waals surface area (Å²) in [6, 6.07) is 23.6. The van der Waals surface area contributed by atoms with E-state index in [0.29, 0.717) is 33.2 Å². The minimum absolute atomic E-state index is 0. The molecule has 4 heterocycles. The fourth-order valence-electron chi connectivity index (χ4n) is 4.27. The first-order valence-corrected chi connectivity index (χ1v) is 16.5. The molecule has 0 amide bonds. The summed E-state index contributed by atoms with van der Waals surface area (Å²) in [6.45, 7) is 8.39. The second-order valence-corrected chi connectivity index (χ2v) is 15.9. The van der Waals surface area contributed by atoms with Crippen LogP contribution in [0.15, 0.2) is 83.7 Å². The molecule has 211 valence electrons. The number of hydrogen-bond donors (Lipinski definition) is 0. The minimum Gasteiger partial charge on any atom is -0.486 e. The Kier molecular flexibility index (Phi) is 7.72. The van der Waals surface area contributed by atoms with E-state index in [0.717, 1.165) is 16.8 Å². The summed E-state index contributed by atoms with van der Waals surface area (Å²) in [5, 5.41) is 2.31. The Labute approximate surface area is 261 Å². The van der Waals surface area contributed by atoms with Crippen molar-refractivity contribution in [3.05, 3.63) is 108 Å². The fourth-order valence-corrected chi connectivity index (χ4v) is 5.31. The summed E-state index contributed by atoms with van der Waals surface area (Å²) in [5.41, 5.74) is 4.80. The first kappa shape index (κ1) is 25.2. The zero-order valence-electron chi connectivity index (χ0n) is 27.5. The molecule has 0 bridgehead atoms. The topological polar surface area (TPSA) is 51.8 Å². The van der Waals surface area contributed by atoms with Crippen molar-refractivity contribution < 1.29 is 34.4 Å². The van der Waals surface area contributed by atoms with Gasteiger partial charge in [-0.15, -0.1) is 53.6 Å². The van der Waals surface area contributed by atoms with E-state index in [1.54, 1.807) is 30.5 Å². The summed E-state index contributed by atoms with van der Waals surface area (Å²) in [4.78, 5) is 12.9. The third kappa shape index (κ3) is 6.70. The number of rotatable bonds is 4. The molecule has 1 radical (unpaired) electrons. The summed E-state index contributed by atoms with van der Waals surface area (Å²) < 4.78 is 50.2. The number of aryl methyl sites for hydroxylation is 1. The van der Waals surface area contributed by atoms with E-state index in [9.17, 15) is 4.39 Å². The van der Waals surface area contributed by atoms with Crippen molar-refractivity contribution in [2.24, 2.45) is 0 Å². The molecule has 0 aliphatic carbocycles. The van der Waals surface area contributed by atoms with Gasteiger partial charge in [0, 0.05) is 44.2 Å². The zero-order chi connectivity index (χ0) is 31.9. The quantitative estimate of drug-likeness (QED) is 0.134. The molecule has 4 aromatic heterocycles. The molecule has 0 atom stereocenters. The maximum absolute atomic E-state index is 14.2. The molecule has 0 saturated heterocycles. The van der Waals surface area contributed by atoms with Gasteiger partial charge >= 0.3 is 0 Å². The van der Waals surface area contributed by atoms with Gasteiger partial charge in [0.25, 0.3) is 0 Å². The molecule has 7 heteroatoms. The second kappa shape index (κ2) is 12.6. The number of hydrogen-bond acceptors (Lipinski definition) is 4. The van der Waals surface area contributed by atoms with Crippen LogP contribution in [-0.4, -0.2) is 23.0 Å². The van der Waals surface area contributed by atoms with E-state index in [4.69, 9.17) is 9.90 Å². The number of aromatic nitrogens is 3. The molecule has 0 saturated carbocycles. The van der Waals surface area contributed by atoms with Crippen LogP contribution in [0.2, 0.25) is 19.6 Å². The van der Waals surface area contributed by atoms with Crippen LogP contribution in [0.4, 0.5) is 4.39 Å². The number of benzene rings is 2. The van der Waals surface area contributed by atoms with Crippen molar-refractivity contribution in [2.45, 2.75) is 46.2 Å². The molecular weight excluding hydrogens is 706 g/mol. The van der Waals surface area contributed by atoms with Gasteiger partial charge in [0.1, 0.15) is 5.82 Å². The SMILES string of the molecule is [2H]C(C)(C)c1ccnc(-c2[c-]ccc3c2oc2nccc(F)c23)c1.[2H]C([2H])([2H])c1c[c-]c(-c2ccc([Si](C)(C)C)cn2)cc1.[Ir]. The van der Waals surface area contributed by atoms with E-state index >= 15 is 0 Å². The van der Waals surface area contributed by atoms with Crippen LogP contribution in [0.3, 0.4) is 0 Å². The second-order valence-electron chi connectivity index (χ2n) is 10.8. The Hall–Kier alpha value is -3.51. The third-order valence-corrected chi connectivity index (χ3v) is 8.62. The molecule has 0 aliphatic rings. The van der Waals surface area contributed by atoms with Gasteiger partial charge in [-0.1, -0.05) is 75.1 Å². The van der Waals surface area contributed by atoms with Crippen molar-refractivity contribution in [3.8, 4) is 22.5 Å². The Morgan fingerprint density at radius 3 is 2.41 bits per heavy atom. The summed E-state index contributed by atoms with van der Waals surface area (Å²) in [5.74, 6) is -1.11. The monoisotopic (exact) mass is 742 g/mol. The summed E-state index contributed by atoms with van der Waals surface area (Å²) in [6.07, 6.45) is 4.97. The molecule has 0 N–H and O–H groups in total. The van der Waals surface area contributed by atoms with Crippen molar-refractivity contribution in [3.63, 3.8) is 0 Å². The van der Waals surface area contributed by atoms with Crippen LogP contribution in [0.1, 0.15) is 36.4 Å². The molecular formula is C34H32FIrN3OSi-2. The van der Waals surface area contributed by atoms with Crippen LogP contribution < -0.4 is 5.19 Å². The van der Waals surface area contributed by atoms with Crippen molar-refractivity contribution in [1.82, 2.24) is 15.0 Å². The van der Waals surface area contributed by atoms with Crippen LogP contribution >= 0.6 is 0 Å². The van der Waals surface area contributed by atoms with E-state index in [2.05, 4.69) is 52.8 Å². The molecule has 0 aliphatic heterocycles. The first-order valence-electron chi connectivity index (χ1n) is 15.0. The number of pyridine rings is 3. The molecule has 0 spiro atoms. The Morgan fingerprint density at radius 1 is 0.951 bits per heavy atom. The first-order chi connectivity index (χ1) is 20.6. The molecule has 2 aromatic carbocycles. The van der Waals surface area contributed by atoms with Gasteiger partial charge in [-0.05, 0) is 34.6 Å². The van der Waals surface area contributed by atoms with E-state index in [-0.39, 0.29) is 31.6 Å². The van der Waals surface area contributed by atoms with Gasteiger partial charge in [-0.25, -0.2) is 9.37 Å².